The van der Waals surface area contributed by atoms with Crippen molar-refractivity contribution in [3.63, 3.8) is 0 Å². The van der Waals surface area contributed by atoms with Crippen molar-refractivity contribution < 1.29 is 22.7 Å². The SMILES string of the molecule is COC(=O)c1ccc(C)c(NC(=O)CN(c2ccc(C34CC5CC(CC(C5)C3)C4)cc2)S(C)(=O)=O)c1. The monoisotopic (exact) mass is 510 g/mol. The number of anilines is 2. The molecule has 4 bridgehead atoms. The van der Waals surface area contributed by atoms with Crippen LogP contribution in [0.2, 0.25) is 0 Å². The number of sulfonamides is 1. The van der Waals surface area contributed by atoms with Gasteiger partial charge in [0.05, 0.1) is 24.6 Å². The fraction of sp³-hybridized carbons (Fsp3) is 0.500. The van der Waals surface area contributed by atoms with Gasteiger partial charge >= 0.3 is 5.97 Å². The van der Waals surface area contributed by atoms with Crippen LogP contribution in [0.4, 0.5) is 11.4 Å². The Kier molecular flexibility index (Phi) is 6.35. The highest BCUT2D eigenvalue weighted by Crippen LogP contribution is 2.60. The molecule has 192 valence electrons. The highest BCUT2D eigenvalue weighted by molar-refractivity contribution is 7.92. The molecule has 1 amide bonds. The minimum absolute atomic E-state index is 0.225. The van der Waals surface area contributed by atoms with Crippen LogP contribution < -0.4 is 9.62 Å². The van der Waals surface area contributed by atoms with Crippen LogP contribution in [0, 0.1) is 24.7 Å². The third kappa shape index (κ3) is 4.75. The molecule has 8 heteroatoms. The molecule has 4 fully saturated rings. The first-order valence-electron chi connectivity index (χ1n) is 12.6. The molecule has 6 rings (SSSR count). The smallest absolute Gasteiger partial charge is 0.337 e. The van der Waals surface area contributed by atoms with Gasteiger partial charge < -0.3 is 10.1 Å². The Morgan fingerprint density at radius 1 is 1.00 bits per heavy atom. The summed E-state index contributed by atoms with van der Waals surface area (Å²) in [5, 5.41) is 2.75. The van der Waals surface area contributed by atoms with Crippen LogP contribution in [0.5, 0.6) is 0 Å². The van der Waals surface area contributed by atoms with Crippen LogP contribution in [0.1, 0.15) is 60.0 Å². The average Bonchev–Trinajstić information content (AvgIpc) is 2.82. The van der Waals surface area contributed by atoms with E-state index in [9.17, 15) is 18.0 Å². The second-order valence-electron chi connectivity index (χ2n) is 11.1. The van der Waals surface area contributed by atoms with Crippen LogP contribution in [0.25, 0.3) is 0 Å². The van der Waals surface area contributed by atoms with E-state index in [0.29, 0.717) is 16.9 Å². The Balaban J connectivity index is 1.34. The van der Waals surface area contributed by atoms with E-state index in [1.807, 2.05) is 12.1 Å². The summed E-state index contributed by atoms with van der Waals surface area (Å²) >= 11 is 0. The summed E-state index contributed by atoms with van der Waals surface area (Å²) in [6.45, 7) is 1.44. The van der Waals surface area contributed by atoms with Crippen LogP contribution >= 0.6 is 0 Å². The normalized spacial score (nSPS) is 26.5. The molecule has 1 N–H and O–H groups in total. The number of ether oxygens (including phenoxy) is 1. The number of esters is 1. The zero-order valence-electron chi connectivity index (χ0n) is 21.1. The van der Waals surface area contributed by atoms with E-state index in [0.717, 1.165) is 33.9 Å². The number of rotatable bonds is 7. The Morgan fingerprint density at radius 2 is 1.58 bits per heavy atom. The molecule has 4 aliphatic rings. The maximum Gasteiger partial charge on any atom is 0.337 e. The van der Waals surface area contributed by atoms with Gasteiger partial charge in [0, 0.05) is 5.69 Å². The number of benzene rings is 2. The molecule has 0 spiro atoms. The van der Waals surface area contributed by atoms with E-state index in [2.05, 4.69) is 17.4 Å². The molecular weight excluding hydrogens is 476 g/mol. The number of hydrogen-bond donors (Lipinski definition) is 1. The minimum atomic E-state index is -3.70. The summed E-state index contributed by atoms with van der Waals surface area (Å²) < 4.78 is 31.2. The molecular formula is C28H34N2O5S. The highest BCUT2D eigenvalue weighted by atomic mass is 32.2. The van der Waals surface area contributed by atoms with Crippen molar-refractivity contribution in [1.29, 1.82) is 0 Å². The molecule has 4 saturated carbocycles. The molecule has 2 aromatic rings. The van der Waals surface area contributed by atoms with E-state index in [1.165, 1.54) is 57.3 Å². The van der Waals surface area contributed by atoms with Gasteiger partial charge in [0.2, 0.25) is 15.9 Å². The summed E-state index contributed by atoms with van der Waals surface area (Å²) in [4.78, 5) is 24.8. The first-order chi connectivity index (χ1) is 17.1. The molecule has 4 aliphatic carbocycles. The van der Waals surface area contributed by atoms with E-state index in [-0.39, 0.29) is 12.0 Å². The summed E-state index contributed by atoms with van der Waals surface area (Å²) in [7, 11) is -2.41. The van der Waals surface area contributed by atoms with Gasteiger partial charge in [-0.25, -0.2) is 13.2 Å². The second kappa shape index (κ2) is 9.21. The molecule has 0 saturated heterocycles. The van der Waals surface area contributed by atoms with Crippen LogP contribution in [-0.4, -0.2) is 40.2 Å². The standard InChI is InChI=1S/C28H34N2O5S/c1-18-4-5-22(27(32)35-2)13-25(18)29-26(31)17-30(36(3,33)34)24-8-6-23(7-9-24)28-14-19-10-20(15-28)12-21(11-19)16-28/h4-9,13,19-21H,10-12,14-17H2,1-3H3,(H,29,31). The lowest BCUT2D eigenvalue weighted by Crippen LogP contribution is -2.48. The number of nitrogens with zero attached hydrogens (tertiary/aromatic N) is 1. The molecule has 0 aromatic heterocycles. The zero-order chi connectivity index (χ0) is 25.7. The quantitative estimate of drug-likeness (QED) is 0.547. The first-order valence-corrected chi connectivity index (χ1v) is 14.5. The number of methoxy groups -OCH3 is 1. The van der Waals surface area contributed by atoms with Crippen molar-refractivity contribution in [3.8, 4) is 0 Å². The topological polar surface area (TPSA) is 92.8 Å². The molecule has 36 heavy (non-hydrogen) atoms. The van der Waals surface area contributed by atoms with Crippen LogP contribution in [0.3, 0.4) is 0 Å². The predicted molar refractivity (Wildman–Crippen MR) is 140 cm³/mol. The lowest BCUT2D eigenvalue weighted by atomic mass is 9.48. The molecule has 0 unspecified atom stereocenters. The number of aryl methyl sites for hydroxylation is 1. The average molecular weight is 511 g/mol. The molecule has 0 radical (unpaired) electrons. The first kappa shape index (κ1) is 24.8. The summed E-state index contributed by atoms with van der Waals surface area (Å²) in [5.74, 6) is 1.48. The molecule has 2 aromatic carbocycles. The van der Waals surface area contributed by atoms with Gasteiger partial charge in [-0.3, -0.25) is 9.10 Å². The summed E-state index contributed by atoms with van der Waals surface area (Å²) in [5.41, 5.74) is 3.50. The van der Waals surface area contributed by atoms with Crippen molar-refractivity contribution in [2.24, 2.45) is 17.8 Å². The number of amides is 1. The van der Waals surface area contributed by atoms with E-state index in [1.54, 1.807) is 19.1 Å². The third-order valence-electron chi connectivity index (χ3n) is 8.43. The Bertz CT molecular complexity index is 1250. The van der Waals surface area contributed by atoms with Gasteiger partial charge in [-0.15, -0.1) is 0 Å². The van der Waals surface area contributed by atoms with Crippen molar-refractivity contribution in [2.45, 2.75) is 50.9 Å². The maximum absolute atomic E-state index is 12.9. The van der Waals surface area contributed by atoms with E-state index < -0.39 is 21.9 Å². The van der Waals surface area contributed by atoms with E-state index in [4.69, 9.17) is 4.74 Å². The minimum Gasteiger partial charge on any atom is -0.465 e. The van der Waals surface area contributed by atoms with Gasteiger partial charge in [0.15, 0.2) is 0 Å². The van der Waals surface area contributed by atoms with Crippen molar-refractivity contribution in [3.05, 3.63) is 59.2 Å². The maximum atomic E-state index is 12.9. The van der Waals surface area contributed by atoms with Gasteiger partial charge in [-0.05, 0) is 104 Å². The fourth-order valence-corrected chi connectivity index (χ4v) is 8.02. The van der Waals surface area contributed by atoms with Gasteiger partial charge in [0.25, 0.3) is 0 Å². The Labute approximate surface area is 213 Å². The lowest BCUT2D eigenvalue weighted by Gasteiger charge is -2.57. The highest BCUT2D eigenvalue weighted by Gasteiger charge is 2.51. The Morgan fingerprint density at radius 3 is 2.11 bits per heavy atom. The molecule has 0 aliphatic heterocycles. The zero-order valence-corrected chi connectivity index (χ0v) is 21.9. The number of carbonyl (C=O) groups excluding carboxylic acids is 2. The van der Waals surface area contributed by atoms with Crippen molar-refractivity contribution in [1.82, 2.24) is 0 Å². The molecule has 0 heterocycles. The Hall–Kier alpha value is -2.87. The number of carbonyl (C=O) groups is 2. The van der Waals surface area contributed by atoms with Crippen LogP contribution in [0.15, 0.2) is 42.5 Å². The molecule has 0 atom stereocenters. The lowest BCUT2D eigenvalue weighted by molar-refractivity contribution is -0.114. The number of hydrogen-bond acceptors (Lipinski definition) is 5. The van der Waals surface area contributed by atoms with Crippen molar-refractivity contribution in [2.75, 3.05) is 29.5 Å². The molecule has 7 nitrogen and oxygen atoms in total. The van der Waals surface area contributed by atoms with Gasteiger partial charge in [0.1, 0.15) is 6.54 Å². The third-order valence-corrected chi connectivity index (χ3v) is 9.57. The summed E-state index contributed by atoms with van der Waals surface area (Å²) in [6, 6.07) is 12.7. The van der Waals surface area contributed by atoms with E-state index >= 15 is 0 Å². The summed E-state index contributed by atoms with van der Waals surface area (Å²) in [6.07, 6.45) is 8.93. The van der Waals surface area contributed by atoms with Gasteiger partial charge in [-0.2, -0.15) is 0 Å². The van der Waals surface area contributed by atoms with Crippen molar-refractivity contribution >= 4 is 33.3 Å². The fourth-order valence-electron chi connectivity index (χ4n) is 7.17. The second-order valence-corrected chi connectivity index (χ2v) is 13.0. The van der Waals surface area contributed by atoms with Crippen LogP contribution in [-0.2, 0) is 25.0 Å². The largest absolute Gasteiger partial charge is 0.465 e. The predicted octanol–water partition coefficient (Wildman–Crippen LogP) is 4.65. The van der Waals surface area contributed by atoms with Gasteiger partial charge in [-0.1, -0.05) is 18.2 Å². The number of nitrogens with one attached hydrogen (secondary N) is 1.